The molecular formula is C18H20N6O3. The van der Waals surface area contributed by atoms with Gasteiger partial charge in [-0.25, -0.2) is 9.78 Å². The minimum atomic E-state index is -0.366. The molecule has 0 aliphatic carbocycles. The molecule has 0 bridgehead atoms. The molecule has 1 aliphatic rings. The zero-order valence-electron chi connectivity index (χ0n) is 15.1. The van der Waals surface area contributed by atoms with E-state index in [2.05, 4.69) is 10.3 Å². The summed E-state index contributed by atoms with van der Waals surface area (Å²) >= 11 is 0. The number of amides is 1. The standard InChI is InChI=1S/C18H20N6O3/c1-21-14(9-15(25)22(2)18(21)27)23-8-6-12(10-23)20-17(26)16-13-5-3-4-7-24(13)11-19-16/h3-5,7,9,11-12H,6,8,10H2,1-2H3,(H,20,26)/t12-/m0/s1. The first-order valence-electron chi connectivity index (χ1n) is 8.70. The molecule has 4 heterocycles. The zero-order chi connectivity index (χ0) is 19.1. The lowest BCUT2D eigenvalue weighted by molar-refractivity contribution is 0.0937. The van der Waals surface area contributed by atoms with Crippen LogP contribution < -0.4 is 21.5 Å². The first-order chi connectivity index (χ1) is 13.0. The van der Waals surface area contributed by atoms with Crippen molar-refractivity contribution in [1.29, 1.82) is 0 Å². The Morgan fingerprint density at radius 2 is 2.04 bits per heavy atom. The number of fused-ring (bicyclic) bond motifs is 1. The number of imidazole rings is 1. The van der Waals surface area contributed by atoms with Gasteiger partial charge in [-0.1, -0.05) is 6.07 Å². The summed E-state index contributed by atoms with van der Waals surface area (Å²) < 4.78 is 4.32. The lowest BCUT2D eigenvalue weighted by Crippen LogP contribution is -2.41. The summed E-state index contributed by atoms with van der Waals surface area (Å²) in [5.74, 6) is 0.334. The first-order valence-corrected chi connectivity index (χ1v) is 8.70. The van der Waals surface area contributed by atoms with Crippen LogP contribution in [0.25, 0.3) is 5.52 Å². The van der Waals surface area contributed by atoms with Gasteiger partial charge in [0.15, 0.2) is 5.69 Å². The summed E-state index contributed by atoms with van der Waals surface area (Å²) in [6.45, 7) is 1.17. The molecule has 9 nitrogen and oxygen atoms in total. The molecule has 140 valence electrons. The molecule has 3 aromatic heterocycles. The van der Waals surface area contributed by atoms with Gasteiger partial charge in [0.05, 0.1) is 5.52 Å². The van der Waals surface area contributed by atoms with Crippen LogP contribution in [0, 0.1) is 0 Å². The van der Waals surface area contributed by atoms with Crippen molar-refractivity contribution in [3.05, 3.63) is 63.3 Å². The monoisotopic (exact) mass is 368 g/mol. The fourth-order valence-electron chi connectivity index (χ4n) is 3.48. The van der Waals surface area contributed by atoms with Crippen molar-refractivity contribution in [3.8, 4) is 0 Å². The summed E-state index contributed by atoms with van der Waals surface area (Å²) in [7, 11) is 3.09. The van der Waals surface area contributed by atoms with Crippen molar-refractivity contribution in [1.82, 2.24) is 23.8 Å². The highest BCUT2D eigenvalue weighted by Crippen LogP contribution is 2.18. The lowest BCUT2D eigenvalue weighted by atomic mass is 10.2. The second kappa shape index (κ2) is 6.42. The van der Waals surface area contributed by atoms with Gasteiger partial charge in [-0.3, -0.25) is 18.7 Å². The maximum atomic E-state index is 12.6. The number of pyridine rings is 1. The molecular weight excluding hydrogens is 348 g/mol. The first kappa shape index (κ1) is 17.1. The van der Waals surface area contributed by atoms with Gasteiger partial charge in [-0.15, -0.1) is 0 Å². The Morgan fingerprint density at radius 3 is 2.85 bits per heavy atom. The van der Waals surface area contributed by atoms with E-state index in [0.29, 0.717) is 24.6 Å². The molecule has 9 heteroatoms. The number of aromatic nitrogens is 4. The van der Waals surface area contributed by atoms with Crippen molar-refractivity contribution in [2.45, 2.75) is 12.5 Å². The maximum absolute atomic E-state index is 12.6. The average molecular weight is 368 g/mol. The molecule has 0 unspecified atom stereocenters. The Bertz CT molecular complexity index is 1140. The topological polar surface area (TPSA) is 93.6 Å². The summed E-state index contributed by atoms with van der Waals surface area (Å²) in [5, 5.41) is 3.01. The van der Waals surface area contributed by atoms with Gasteiger partial charge in [0.2, 0.25) is 0 Å². The third kappa shape index (κ3) is 2.90. The molecule has 0 spiro atoms. The van der Waals surface area contributed by atoms with Crippen LogP contribution in [-0.4, -0.2) is 43.6 Å². The molecule has 0 radical (unpaired) electrons. The molecule has 1 aliphatic heterocycles. The van der Waals surface area contributed by atoms with Crippen molar-refractivity contribution in [3.63, 3.8) is 0 Å². The number of anilines is 1. The fraction of sp³-hybridized carbons (Fsp3) is 0.333. The van der Waals surface area contributed by atoms with Crippen LogP contribution in [0.1, 0.15) is 16.9 Å². The zero-order valence-corrected chi connectivity index (χ0v) is 15.1. The molecule has 1 fully saturated rings. The third-order valence-electron chi connectivity index (χ3n) is 5.01. The number of hydrogen-bond acceptors (Lipinski definition) is 5. The van der Waals surface area contributed by atoms with E-state index in [-0.39, 0.29) is 23.2 Å². The van der Waals surface area contributed by atoms with E-state index in [1.807, 2.05) is 29.3 Å². The SMILES string of the molecule is Cn1c(N2CC[C@H](NC(=O)c3ncn4ccccc34)C2)cc(=O)n(C)c1=O. The van der Waals surface area contributed by atoms with Crippen LogP contribution in [0.3, 0.4) is 0 Å². The fourth-order valence-corrected chi connectivity index (χ4v) is 3.48. The highest BCUT2D eigenvalue weighted by atomic mass is 16.2. The third-order valence-corrected chi connectivity index (χ3v) is 5.01. The van der Waals surface area contributed by atoms with Crippen molar-refractivity contribution in [2.24, 2.45) is 14.1 Å². The number of nitrogens with one attached hydrogen (secondary N) is 1. The van der Waals surface area contributed by atoms with Crippen molar-refractivity contribution < 1.29 is 4.79 Å². The largest absolute Gasteiger partial charge is 0.356 e. The molecule has 1 amide bonds. The number of carbonyl (C=O) groups excluding carboxylic acids is 1. The number of carbonyl (C=O) groups is 1. The van der Waals surface area contributed by atoms with Gasteiger partial charge in [-0.05, 0) is 18.6 Å². The van der Waals surface area contributed by atoms with Crippen LogP contribution in [0.15, 0.2) is 46.4 Å². The van der Waals surface area contributed by atoms with Gasteiger partial charge in [-0.2, -0.15) is 0 Å². The van der Waals surface area contributed by atoms with Gasteiger partial charge in [0.25, 0.3) is 11.5 Å². The van der Waals surface area contributed by atoms with E-state index in [9.17, 15) is 14.4 Å². The minimum Gasteiger partial charge on any atom is -0.356 e. The maximum Gasteiger partial charge on any atom is 0.332 e. The van der Waals surface area contributed by atoms with E-state index in [4.69, 9.17) is 0 Å². The lowest BCUT2D eigenvalue weighted by Gasteiger charge is -2.21. The normalized spacial score (nSPS) is 16.8. The molecule has 1 saturated heterocycles. The average Bonchev–Trinajstić information content (AvgIpc) is 3.30. The highest BCUT2D eigenvalue weighted by Gasteiger charge is 2.27. The van der Waals surface area contributed by atoms with Crippen LogP contribution in [-0.2, 0) is 14.1 Å². The number of rotatable bonds is 3. The Kier molecular flexibility index (Phi) is 4.06. The molecule has 0 aromatic carbocycles. The highest BCUT2D eigenvalue weighted by molar-refractivity contribution is 5.99. The van der Waals surface area contributed by atoms with E-state index in [1.165, 1.54) is 17.7 Å². The Labute approximate surface area is 154 Å². The Balaban J connectivity index is 1.51. The second-order valence-corrected chi connectivity index (χ2v) is 6.73. The minimum absolute atomic E-state index is 0.0860. The van der Waals surface area contributed by atoms with Crippen LogP contribution in [0.2, 0.25) is 0 Å². The quantitative estimate of drug-likeness (QED) is 0.688. The number of nitrogens with zero attached hydrogens (tertiary/aromatic N) is 5. The Hall–Kier alpha value is -3.36. The van der Waals surface area contributed by atoms with Crippen LogP contribution in [0.5, 0.6) is 0 Å². The Morgan fingerprint density at radius 1 is 1.22 bits per heavy atom. The molecule has 1 N–H and O–H groups in total. The van der Waals surface area contributed by atoms with Gasteiger partial charge >= 0.3 is 5.69 Å². The van der Waals surface area contributed by atoms with E-state index >= 15 is 0 Å². The number of hydrogen-bond donors (Lipinski definition) is 1. The van der Waals surface area contributed by atoms with Crippen molar-refractivity contribution in [2.75, 3.05) is 18.0 Å². The van der Waals surface area contributed by atoms with E-state index in [1.54, 1.807) is 17.8 Å². The van der Waals surface area contributed by atoms with E-state index < -0.39 is 0 Å². The van der Waals surface area contributed by atoms with Crippen LogP contribution >= 0.6 is 0 Å². The predicted molar refractivity (Wildman–Crippen MR) is 100 cm³/mol. The molecule has 3 aromatic rings. The summed E-state index contributed by atoms with van der Waals surface area (Å²) in [4.78, 5) is 42.9. The molecule has 0 saturated carbocycles. The van der Waals surface area contributed by atoms with E-state index in [0.717, 1.165) is 16.5 Å². The van der Waals surface area contributed by atoms with Gasteiger partial charge < -0.3 is 14.6 Å². The molecule has 1 atom stereocenters. The second-order valence-electron chi connectivity index (χ2n) is 6.73. The van der Waals surface area contributed by atoms with Crippen LogP contribution in [0.4, 0.5) is 5.82 Å². The predicted octanol–water partition coefficient (Wildman–Crippen LogP) is -0.260. The molecule has 4 rings (SSSR count). The summed E-state index contributed by atoms with van der Waals surface area (Å²) in [6.07, 6.45) is 4.18. The van der Waals surface area contributed by atoms with Gasteiger partial charge in [0, 0.05) is 45.5 Å². The molecule has 27 heavy (non-hydrogen) atoms. The summed E-state index contributed by atoms with van der Waals surface area (Å²) in [5.41, 5.74) is 0.424. The summed E-state index contributed by atoms with van der Waals surface area (Å²) in [6, 6.07) is 6.95. The smallest absolute Gasteiger partial charge is 0.332 e. The van der Waals surface area contributed by atoms with Gasteiger partial charge in [0.1, 0.15) is 12.1 Å². The van der Waals surface area contributed by atoms with Crippen molar-refractivity contribution >= 4 is 17.2 Å².